The highest BCUT2D eigenvalue weighted by atomic mass is 35.5. The van der Waals surface area contributed by atoms with Gasteiger partial charge >= 0.3 is 0 Å². The molecule has 3 N–H and O–H groups in total. The number of ether oxygens (including phenoxy) is 1. The van der Waals surface area contributed by atoms with Gasteiger partial charge in [-0.05, 0) is 12.1 Å². The highest BCUT2D eigenvalue weighted by Crippen LogP contribution is 2.31. The van der Waals surface area contributed by atoms with E-state index < -0.39 is 16.7 Å². The monoisotopic (exact) mass is 324 g/mol. The molecule has 0 aliphatic rings. The van der Waals surface area contributed by atoms with Gasteiger partial charge < -0.3 is 15.8 Å². The fraction of sp³-hybridized carbons (Fsp3) is 0.364. The summed E-state index contributed by atoms with van der Waals surface area (Å²) >= 11 is 11.7. The lowest BCUT2D eigenvalue weighted by atomic mass is 10.2. The van der Waals surface area contributed by atoms with Gasteiger partial charge in [0.25, 0.3) is 0 Å². The van der Waals surface area contributed by atoms with Crippen LogP contribution >= 0.6 is 23.2 Å². The van der Waals surface area contributed by atoms with Crippen LogP contribution in [-0.4, -0.2) is 35.3 Å². The number of amides is 1. The van der Waals surface area contributed by atoms with Gasteiger partial charge in [-0.3, -0.25) is 9.00 Å². The summed E-state index contributed by atoms with van der Waals surface area (Å²) in [5, 5.41) is 3.14. The number of carbonyl (C=O) groups is 1. The lowest BCUT2D eigenvalue weighted by molar-refractivity contribution is -0.113. The first-order chi connectivity index (χ1) is 8.93. The standard InChI is InChI=1S/C11H14Cl2N2O3S/c1-18-2-3-19(17)6-10(16)15-11-8(13)4-7(12)5-9(11)14/h4-5H,2-3,6,14H2,1H3,(H,15,16). The summed E-state index contributed by atoms with van der Waals surface area (Å²) in [6, 6.07) is 2.95. The van der Waals surface area contributed by atoms with Crippen molar-refractivity contribution in [2.75, 3.05) is 36.3 Å². The van der Waals surface area contributed by atoms with Gasteiger partial charge in [-0.25, -0.2) is 0 Å². The number of hydrogen-bond donors (Lipinski definition) is 2. The Labute approximate surface area is 123 Å². The van der Waals surface area contributed by atoms with Crippen molar-refractivity contribution in [3.8, 4) is 0 Å². The SMILES string of the molecule is COCCS(=O)CC(=O)Nc1c(N)cc(Cl)cc1Cl. The van der Waals surface area contributed by atoms with Crippen molar-refractivity contribution in [3.05, 3.63) is 22.2 Å². The van der Waals surface area contributed by atoms with Crippen molar-refractivity contribution in [1.82, 2.24) is 0 Å². The average Bonchev–Trinajstić information content (AvgIpc) is 2.31. The summed E-state index contributed by atoms with van der Waals surface area (Å²) in [5.41, 5.74) is 6.24. The molecule has 0 spiro atoms. The van der Waals surface area contributed by atoms with Crippen LogP contribution in [0.3, 0.4) is 0 Å². The first-order valence-electron chi connectivity index (χ1n) is 5.32. The second kappa shape index (κ2) is 7.69. The molecule has 106 valence electrons. The van der Waals surface area contributed by atoms with E-state index in [1.807, 2.05) is 0 Å². The van der Waals surface area contributed by atoms with Crippen LogP contribution in [0.5, 0.6) is 0 Å². The molecule has 0 radical (unpaired) electrons. The lowest BCUT2D eigenvalue weighted by Gasteiger charge is -2.10. The Balaban J connectivity index is 2.65. The van der Waals surface area contributed by atoms with E-state index in [0.29, 0.717) is 17.4 Å². The minimum Gasteiger partial charge on any atom is -0.397 e. The Kier molecular flexibility index (Phi) is 6.57. The molecule has 0 saturated heterocycles. The third kappa shape index (κ3) is 5.36. The highest BCUT2D eigenvalue weighted by molar-refractivity contribution is 7.85. The van der Waals surface area contributed by atoms with E-state index in [4.69, 9.17) is 33.7 Å². The predicted molar refractivity (Wildman–Crippen MR) is 79.3 cm³/mol. The van der Waals surface area contributed by atoms with Crippen LogP contribution in [0.25, 0.3) is 0 Å². The van der Waals surface area contributed by atoms with E-state index in [0.717, 1.165) is 0 Å². The molecule has 0 saturated carbocycles. The minimum atomic E-state index is -1.29. The predicted octanol–water partition coefficient (Wildman–Crippen LogP) is 1.91. The first kappa shape index (κ1) is 16.2. The molecular weight excluding hydrogens is 311 g/mol. The van der Waals surface area contributed by atoms with E-state index in [9.17, 15) is 9.00 Å². The molecule has 1 rings (SSSR count). The summed E-state index contributed by atoms with van der Waals surface area (Å²) in [6.07, 6.45) is 0. The number of carbonyl (C=O) groups excluding carboxylic acids is 1. The Morgan fingerprint density at radius 1 is 1.47 bits per heavy atom. The van der Waals surface area contributed by atoms with E-state index in [-0.39, 0.29) is 22.2 Å². The van der Waals surface area contributed by atoms with E-state index in [1.54, 1.807) is 0 Å². The van der Waals surface area contributed by atoms with Crippen LogP contribution < -0.4 is 11.1 Å². The fourth-order valence-corrected chi connectivity index (χ4v) is 2.71. The second-order valence-corrected chi connectivity index (χ2v) is 6.10. The van der Waals surface area contributed by atoms with Gasteiger partial charge in [0.2, 0.25) is 5.91 Å². The number of nitrogen functional groups attached to an aromatic ring is 1. The number of halogens is 2. The Bertz CT molecular complexity index is 474. The van der Waals surface area contributed by atoms with Crippen LogP contribution in [0.2, 0.25) is 10.0 Å². The molecule has 0 bridgehead atoms. The molecule has 0 heterocycles. The molecule has 0 aromatic heterocycles. The zero-order valence-electron chi connectivity index (χ0n) is 10.2. The molecular formula is C11H14Cl2N2O3S. The number of hydrogen-bond acceptors (Lipinski definition) is 4. The average molecular weight is 325 g/mol. The van der Waals surface area contributed by atoms with E-state index in [2.05, 4.69) is 5.32 Å². The van der Waals surface area contributed by atoms with Crippen LogP contribution in [0.4, 0.5) is 11.4 Å². The molecule has 1 aromatic carbocycles. The molecule has 5 nitrogen and oxygen atoms in total. The van der Waals surface area contributed by atoms with Crippen LogP contribution in [0.1, 0.15) is 0 Å². The summed E-state index contributed by atoms with van der Waals surface area (Å²) in [6.45, 7) is 0.337. The Hall–Kier alpha value is -0.820. The first-order valence-corrected chi connectivity index (χ1v) is 7.56. The molecule has 1 aromatic rings. The highest BCUT2D eigenvalue weighted by Gasteiger charge is 2.13. The fourth-order valence-electron chi connectivity index (χ4n) is 1.30. The number of nitrogens with one attached hydrogen (secondary N) is 1. The van der Waals surface area contributed by atoms with Gasteiger partial charge in [0.1, 0.15) is 5.75 Å². The summed E-state index contributed by atoms with van der Waals surface area (Å²) in [5.74, 6) is -0.263. The van der Waals surface area contributed by atoms with Crippen molar-refractivity contribution < 1.29 is 13.7 Å². The number of anilines is 2. The molecule has 0 aliphatic heterocycles. The molecule has 19 heavy (non-hydrogen) atoms. The van der Waals surface area contributed by atoms with Gasteiger partial charge in [-0.15, -0.1) is 0 Å². The van der Waals surface area contributed by atoms with Crippen molar-refractivity contribution in [2.45, 2.75) is 0 Å². The molecule has 1 atom stereocenters. The normalized spacial score (nSPS) is 12.2. The molecule has 1 unspecified atom stereocenters. The third-order valence-electron chi connectivity index (χ3n) is 2.16. The van der Waals surface area contributed by atoms with Crippen molar-refractivity contribution >= 4 is 51.3 Å². The van der Waals surface area contributed by atoms with E-state index in [1.165, 1.54) is 19.2 Å². The smallest absolute Gasteiger partial charge is 0.237 e. The number of nitrogens with two attached hydrogens (primary N) is 1. The Morgan fingerprint density at radius 3 is 2.74 bits per heavy atom. The topological polar surface area (TPSA) is 81.4 Å². The zero-order chi connectivity index (χ0) is 14.4. The molecule has 1 amide bonds. The quantitative estimate of drug-likeness (QED) is 0.783. The van der Waals surface area contributed by atoms with Crippen molar-refractivity contribution in [1.29, 1.82) is 0 Å². The third-order valence-corrected chi connectivity index (χ3v) is 3.88. The number of methoxy groups -OCH3 is 1. The molecule has 0 aliphatic carbocycles. The maximum Gasteiger partial charge on any atom is 0.237 e. The summed E-state index contributed by atoms with van der Waals surface area (Å²) in [7, 11) is 0.217. The maximum absolute atomic E-state index is 11.7. The molecule has 0 fully saturated rings. The zero-order valence-corrected chi connectivity index (χ0v) is 12.6. The van der Waals surface area contributed by atoms with Gasteiger partial charge in [0.05, 0.1) is 23.0 Å². The largest absolute Gasteiger partial charge is 0.397 e. The molecule has 8 heteroatoms. The second-order valence-electron chi connectivity index (χ2n) is 3.68. The summed E-state index contributed by atoms with van der Waals surface area (Å²) < 4.78 is 16.3. The Morgan fingerprint density at radius 2 is 2.16 bits per heavy atom. The minimum absolute atomic E-state index is 0.137. The van der Waals surface area contributed by atoms with Gasteiger partial charge in [0, 0.05) is 28.7 Å². The number of benzene rings is 1. The number of rotatable bonds is 6. The van der Waals surface area contributed by atoms with Gasteiger partial charge in [-0.2, -0.15) is 0 Å². The van der Waals surface area contributed by atoms with Crippen LogP contribution in [-0.2, 0) is 20.3 Å². The van der Waals surface area contributed by atoms with E-state index >= 15 is 0 Å². The van der Waals surface area contributed by atoms with Gasteiger partial charge in [0.15, 0.2) is 0 Å². The summed E-state index contributed by atoms with van der Waals surface area (Å²) in [4.78, 5) is 11.7. The van der Waals surface area contributed by atoms with Crippen LogP contribution in [0, 0.1) is 0 Å². The van der Waals surface area contributed by atoms with Crippen molar-refractivity contribution in [2.24, 2.45) is 0 Å². The van der Waals surface area contributed by atoms with Crippen molar-refractivity contribution in [3.63, 3.8) is 0 Å². The van der Waals surface area contributed by atoms with Gasteiger partial charge in [-0.1, -0.05) is 23.2 Å². The maximum atomic E-state index is 11.7. The lowest BCUT2D eigenvalue weighted by Crippen LogP contribution is -2.22. The van der Waals surface area contributed by atoms with Crippen LogP contribution in [0.15, 0.2) is 12.1 Å².